The zero-order valence-electron chi connectivity index (χ0n) is 11.4. The van der Waals surface area contributed by atoms with Crippen LogP contribution in [0.3, 0.4) is 0 Å². The quantitative estimate of drug-likeness (QED) is 0.924. The first-order valence-corrected chi connectivity index (χ1v) is 9.65. The zero-order chi connectivity index (χ0) is 14.3. The minimum Gasteiger partial charge on any atom is -0.312 e. The average molecular weight is 335 g/mol. The van der Waals surface area contributed by atoms with Gasteiger partial charge in [-0.25, -0.2) is 8.42 Å². The third kappa shape index (κ3) is 2.52. The summed E-state index contributed by atoms with van der Waals surface area (Å²) in [7, 11) is -3.40. The van der Waals surface area contributed by atoms with Gasteiger partial charge in [-0.15, -0.1) is 11.3 Å². The highest BCUT2D eigenvalue weighted by molar-refractivity contribution is 7.91. The first-order valence-electron chi connectivity index (χ1n) is 7.01. The molecule has 3 heterocycles. The van der Waals surface area contributed by atoms with Crippen LogP contribution in [0.25, 0.3) is 0 Å². The Morgan fingerprint density at radius 1 is 1.40 bits per heavy atom. The number of halogens is 1. The molecule has 0 radical (unpaired) electrons. The van der Waals surface area contributed by atoms with Crippen LogP contribution in [0.4, 0.5) is 0 Å². The van der Waals surface area contributed by atoms with Gasteiger partial charge in [0, 0.05) is 18.6 Å². The maximum absolute atomic E-state index is 12.8. The summed E-state index contributed by atoms with van der Waals surface area (Å²) < 4.78 is 28.3. The van der Waals surface area contributed by atoms with E-state index in [-0.39, 0.29) is 6.04 Å². The van der Waals surface area contributed by atoms with E-state index in [0.29, 0.717) is 21.1 Å². The van der Waals surface area contributed by atoms with Crippen LogP contribution < -0.4 is 5.32 Å². The molecule has 20 heavy (non-hydrogen) atoms. The number of aryl methyl sites for hydroxylation is 1. The number of hydrogen-bond acceptors (Lipinski definition) is 4. The fourth-order valence-corrected chi connectivity index (χ4v) is 6.75. The van der Waals surface area contributed by atoms with Crippen molar-refractivity contribution in [3.05, 3.63) is 16.0 Å². The predicted octanol–water partition coefficient (Wildman–Crippen LogP) is 2.62. The van der Waals surface area contributed by atoms with Gasteiger partial charge >= 0.3 is 0 Å². The summed E-state index contributed by atoms with van der Waals surface area (Å²) in [5.41, 5.74) is 0.838. The maximum atomic E-state index is 12.8. The molecule has 0 aromatic carbocycles. The van der Waals surface area contributed by atoms with Gasteiger partial charge in [-0.2, -0.15) is 4.31 Å². The Hall–Kier alpha value is -0.140. The Morgan fingerprint density at radius 3 is 2.80 bits per heavy atom. The number of hydrogen-bond donors (Lipinski definition) is 1. The van der Waals surface area contributed by atoms with Gasteiger partial charge in [-0.1, -0.05) is 11.6 Å². The second-order valence-corrected chi connectivity index (χ2v) is 9.32. The maximum Gasteiger partial charge on any atom is 0.252 e. The summed E-state index contributed by atoms with van der Waals surface area (Å²) in [5, 5.41) is 3.44. The molecule has 7 heteroatoms. The van der Waals surface area contributed by atoms with E-state index < -0.39 is 10.0 Å². The van der Waals surface area contributed by atoms with Crippen LogP contribution in [0.2, 0.25) is 4.34 Å². The summed E-state index contributed by atoms with van der Waals surface area (Å²) in [6.45, 7) is 3.47. The average Bonchev–Trinajstić information content (AvgIpc) is 3.10. The van der Waals surface area contributed by atoms with Crippen molar-refractivity contribution in [1.29, 1.82) is 0 Å². The van der Waals surface area contributed by atoms with Crippen LogP contribution in [0.1, 0.15) is 31.2 Å². The van der Waals surface area contributed by atoms with E-state index in [1.165, 1.54) is 11.3 Å². The van der Waals surface area contributed by atoms with Crippen LogP contribution in [0, 0.1) is 6.92 Å². The molecule has 1 aromatic heterocycles. The topological polar surface area (TPSA) is 49.4 Å². The van der Waals surface area contributed by atoms with Crippen molar-refractivity contribution >= 4 is 33.0 Å². The van der Waals surface area contributed by atoms with Crippen LogP contribution in [-0.4, -0.2) is 37.9 Å². The molecular formula is C13H19ClN2O2S2. The van der Waals surface area contributed by atoms with E-state index in [1.54, 1.807) is 10.4 Å². The first kappa shape index (κ1) is 14.8. The van der Waals surface area contributed by atoms with Gasteiger partial charge in [0.2, 0.25) is 0 Å². The second-order valence-electron chi connectivity index (χ2n) is 5.55. The molecule has 0 bridgehead atoms. The van der Waals surface area contributed by atoms with Gasteiger partial charge in [0.1, 0.15) is 4.21 Å². The van der Waals surface area contributed by atoms with Crippen LogP contribution >= 0.6 is 22.9 Å². The minimum absolute atomic E-state index is 0.101. The van der Waals surface area contributed by atoms with Crippen molar-refractivity contribution in [2.45, 2.75) is 48.9 Å². The number of sulfonamides is 1. The van der Waals surface area contributed by atoms with E-state index in [4.69, 9.17) is 11.6 Å². The Bertz CT molecular complexity index is 574. The smallest absolute Gasteiger partial charge is 0.252 e. The summed E-state index contributed by atoms with van der Waals surface area (Å²) in [6, 6.07) is 2.10. The lowest BCUT2D eigenvalue weighted by atomic mass is 10.1. The molecule has 2 aliphatic heterocycles. The number of thiophene rings is 1. The molecule has 1 N–H and O–H groups in total. The molecule has 0 spiro atoms. The van der Waals surface area contributed by atoms with Crippen molar-refractivity contribution in [2.24, 2.45) is 0 Å². The molecule has 2 saturated heterocycles. The normalized spacial score (nSPS) is 28.3. The van der Waals surface area contributed by atoms with Gasteiger partial charge in [0.15, 0.2) is 0 Å². The number of rotatable bonds is 3. The number of nitrogens with one attached hydrogen (secondary N) is 1. The Labute approximate surface area is 129 Å². The summed E-state index contributed by atoms with van der Waals surface area (Å²) in [4.78, 5) is 0. The molecule has 0 saturated carbocycles. The molecule has 0 aliphatic carbocycles. The lowest BCUT2D eigenvalue weighted by Crippen LogP contribution is -2.46. The van der Waals surface area contributed by atoms with Gasteiger partial charge < -0.3 is 5.32 Å². The molecular weight excluding hydrogens is 316 g/mol. The first-order chi connectivity index (χ1) is 9.50. The summed E-state index contributed by atoms with van der Waals surface area (Å²) in [5.74, 6) is 0. The summed E-state index contributed by atoms with van der Waals surface area (Å²) in [6.07, 6.45) is 4.11. The van der Waals surface area contributed by atoms with Crippen LogP contribution in [0.15, 0.2) is 10.3 Å². The van der Waals surface area contributed by atoms with Crippen molar-refractivity contribution in [3.8, 4) is 0 Å². The molecule has 1 aromatic rings. The van der Waals surface area contributed by atoms with Crippen molar-refractivity contribution < 1.29 is 8.42 Å². The molecule has 2 atom stereocenters. The van der Waals surface area contributed by atoms with E-state index in [9.17, 15) is 8.42 Å². The summed E-state index contributed by atoms with van der Waals surface area (Å²) >= 11 is 7.20. The predicted molar refractivity (Wildman–Crippen MR) is 82.0 cm³/mol. The van der Waals surface area contributed by atoms with Crippen LogP contribution in [-0.2, 0) is 10.0 Å². The zero-order valence-corrected chi connectivity index (χ0v) is 13.8. The molecule has 0 amide bonds. The second kappa shape index (κ2) is 5.57. The van der Waals surface area contributed by atoms with Gasteiger partial charge in [-0.05, 0) is 50.8 Å². The minimum atomic E-state index is -3.40. The third-order valence-corrected chi connectivity index (χ3v) is 8.14. The van der Waals surface area contributed by atoms with E-state index in [1.807, 2.05) is 6.92 Å². The van der Waals surface area contributed by atoms with E-state index >= 15 is 0 Å². The fraction of sp³-hybridized carbons (Fsp3) is 0.692. The lowest BCUT2D eigenvalue weighted by molar-refractivity contribution is 0.322. The largest absolute Gasteiger partial charge is 0.312 e. The molecule has 2 fully saturated rings. The molecule has 4 nitrogen and oxygen atoms in total. The van der Waals surface area contributed by atoms with E-state index in [0.717, 1.165) is 37.8 Å². The molecule has 112 valence electrons. The highest BCUT2D eigenvalue weighted by Gasteiger charge is 2.41. The molecule has 2 unspecified atom stereocenters. The Kier molecular flexibility index (Phi) is 4.12. The van der Waals surface area contributed by atoms with Crippen molar-refractivity contribution in [3.63, 3.8) is 0 Å². The SMILES string of the molecule is Cc1cc(S(=O)(=O)N2CCCC2C2CCCN2)sc1Cl. The Balaban J connectivity index is 1.89. The van der Waals surface area contributed by atoms with Crippen molar-refractivity contribution in [2.75, 3.05) is 13.1 Å². The monoisotopic (exact) mass is 334 g/mol. The molecule has 2 aliphatic rings. The van der Waals surface area contributed by atoms with Gasteiger partial charge in [0.05, 0.1) is 4.34 Å². The van der Waals surface area contributed by atoms with Gasteiger partial charge in [-0.3, -0.25) is 0 Å². The van der Waals surface area contributed by atoms with Crippen molar-refractivity contribution in [1.82, 2.24) is 9.62 Å². The molecule has 3 rings (SSSR count). The number of nitrogens with zero attached hydrogens (tertiary/aromatic N) is 1. The lowest BCUT2D eigenvalue weighted by Gasteiger charge is -2.28. The Morgan fingerprint density at radius 2 is 2.20 bits per heavy atom. The highest BCUT2D eigenvalue weighted by Crippen LogP contribution is 2.36. The van der Waals surface area contributed by atoms with Gasteiger partial charge in [0.25, 0.3) is 10.0 Å². The third-order valence-electron chi connectivity index (χ3n) is 4.21. The highest BCUT2D eigenvalue weighted by atomic mass is 35.5. The standard InChI is InChI=1S/C13H19ClN2O2S2/c1-9-8-12(19-13(9)14)20(17,18)16-7-3-5-11(16)10-4-2-6-15-10/h8,10-11,15H,2-7H2,1H3. The van der Waals surface area contributed by atoms with Crippen LogP contribution in [0.5, 0.6) is 0 Å². The fourth-order valence-electron chi connectivity index (χ4n) is 3.18. The van der Waals surface area contributed by atoms with E-state index in [2.05, 4.69) is 5.32 Å².